The van der Waals surface area contributed by atoms with Gasteiger partial charge in [-0.3, -0.25) is 0 Å². The van der Waals surface area contributed by atoms with Crippen molar-refractivity contribution in [1.29, 1.82) is 0 Å². The van der Waals surface area contributed by atoms with Crippen molar-refractivity contribution in [3.8, 4) is 11.5 Å². The number of pyridine rings is 1. The smallest absolute Gasteiger partial charge is 0.141 e. The zero-order valence-corrected chi connectivity index (χ0v) is 10.8. The molecule has 0 aliphatic carbocycles. The van der Waals surface area contributed by atoms with Crippen molar-refractivity contribution in [2.45, 2.75) is 6.42 Å². The van der Waals surface area contributed by atoms with Gasteiger partial charge in [0, 0.05) is 18.1 Å². The molecule has 0 aliphatic rings. The molecule has 0 radical (unpaired) electrons. The van der Waals surface area contributed by atoms with E-state index in [1.807, 2.05) is 12.1 Å². The van der Waals surface area contributed by atoms with Crippen LogP contribution in [0.1, 0.15) is 11.1 Å². The molecule has 100 valence electrons. The summed E-state index contributed by atoms with van der Waals surface area (Å²) < 4.78 is 23.6. The molecule has 1 aromatic carbocycles. The lowest BCUT2D eigenvalue weighted by Crippen LogP contribution is -2.01. The molecule has 0 atom stereocenters. The van der Waals surface area contributed by atoms with Gasteiger partial charge in [0.05, 0.1) is 20.4 Å². The minimum Gasteiger partial charge on any atom is -0.497 e. The Balaban J connectivity index is 2.35. The zero-order valence-electron chi connectivity index (χ0n) is 10.8. The van der Waals surface area contributed by atoms with Crippen molar-refractivity contribution in [3.05, 3.63) is 47.4 Å². The average Bonchev–Trinajstić information content (AvgIpc) is 2.43. The second kappa shape index (κ2) is 5.56. The Labute approximate surface area is 111 Å². The first-order valence-electron chi connectivity index (χ1n) is 5.75. The maximum atomic E-state index is 13.2. The summed E-state index contributed by atoms with van der Waals surface area (Å²) in [4.78, 5) is 3.80. The number of anilines is 1. The number of hydrogen-bond donors (Lipinski definition) is 1. The molecule has 0 saturated heterocycles. The third-order valence-electron chi connectivity index (χ3n) is 2.84. The van der Waals surface area contributed by atoms with Gasteiger partial charge in [-0.15, -0.1) is 0 Å². The molecule has 0 aliphatic heterocycles. The second-order valence-corrected chi connectivity index (χ2v) is 4.05. The number of ether oxygens (including phenoxy) is 2. The van der Waals surface area contributed by atoms with Crippen LogP contribution in [-0.4, -0.2) is 19.2 Å². The maximum Gasteiger partial charge on any atom is 0.141 e. The second-order valence-electron chi connectivity index (χ2n) is 4.05. The van der Waals surface area contributed by atoms with Gasteiger partial charge in [-0.25, -0.2) is 9.37 Å². The van der Waals surface area contributed by atoms with Gasteiger partial charge in [0.15, 0.2) is 0 Å². The lowest BCUT2D eigenvalue weighted by atomic mass is 10.0. The lowest BCUT2D eigenvalue weighted by Gasteiger charge is -2.11. The van der Waals surface area contributed by atoms with Crippen LogP contribution in [-0.2, 0) is 6.42 Å². The summed E-state index contributed by atoms with van der Waals surface area (Å²) in [5.41, 5.74) is 7.26. The molecule has 0 fully saturated rings. The van der Waals surface area contributed by atoms with Crippen molar-refractivity contribution in [2.24, 2.45) is 0 Å². The van der Waals surface area contributed by atoms with Crippen molar-refractivity contribution >= 4 is 5.82 Å². The lowest BCUT2D eigenvalue weighted by molar-refractivity contribution is 0.391. The van der Waals surface area contributed by atoms with Crippen LogP contribution in [0.4, 0.5) is 10.2 Å². The summed E-state index contributed by atoms with van der Waals surface area (Å²) in [5.74, 6) is 1.28. The normalized spacial score (nSPS) is 10.3. The fourth-order valence-corrected chi connectivity index (χ4v) is 1.84. The highest BCUT2D eigenvalue weighted by atomic mass is 19.1. The average molecular weight is 262 g/mol. The number of halogens is 1. The molecule has 5 heteroatoms. The minimum atomic E-state index is -0.406. The predicted molar refractivity (Wildman–Crippen MR) is 71.0 cm³/mol. The van der Waals surface area contributed by atoms with E-state index in [1.54, 1.807) is 20.3 Å². The van der Waals surface area contributed by atoms with Crippen molar-refractivity contribution in [2.75, 3.05) is 20.0 Å². The Hall–Kier alpha value is -2.30. The van der Waals surface area contributed by atoms with Gasteiger partial charge in [0.1, 0.15) is 23.1 Å². The third-order valence-corrected chi connectivity index (χ3v) is 2.84. The molecule has 0 amide bonds. The molecule has 2 rings (SSSR count). The first kappa shape index (κ1) is 13.1. The van der Waals surface area contributed by atoms with E-state index in [9.17, 15) is 4.39 Å². The number of aromatic nitrogens is 1. The van der Waals surface area contributed by atoms with Gasteiger partial charge < -0.3 is 15.2 Å². The van der Waals surface area contributed by atoms with Crippen molar-refractivity contribution in [1.82, 2.24) is 4.98 Å². The summed E-state index contributed by atoms with van der Waals surface area (Å²) in [6, 6.07) is 6.84. The van der Waals surface area contributed by atoms with Crippen LogP contribution in [0.25, 0.3) is 0 Å². The van der Waals surface area contributed by atoms with Gasteiger partial charge >= 0.3 is 0 Å². The van der Waals surface area contributed by atoms with Crippen LogP contribution in [0.2, 0.25) is 0 Å². The van der Waals surface area contributed by atoms with Crippen molar-refractivity contribution < 1.29 is 13.9 Å². The van der Waals surface area contributed by atoms with Crippen LogP contribution < -0.4 is 15.2 Å². The van der Waals surface area contributed by atoms with Gasteiger partial charge in [-0.1, -0.05) is 6.07 Å². The predicted octanol–water partition coefficient (Wildman–Crippen LogP) is 2.41. The van der Waals surface area contributed by atoms with Gasteiger partial charge in [-0.2, -0.15) is 0 Å². The third kappa shape index (κ3) is 2.93. The van der Waals surface area contributed by atoms with E-state index in [0.29, 0.717) is 29.3 Å². The Morgan fingerprint density at radius 1 is 1.16 bits per heavy atom. The zero-order chi connectivity index (χ0) is 13.8. The van der Waals surface area contributed by atoms with Crippen LogP contribution in [0, 0.1) is 5.82 Å². The number of nitrogens with zero attached hydrogens (tertiary/aromatic N) is 1. The largest absolute Gasteiger partial charge is 0.497 e. The number of rotatable bonds is 4. The monoisotopic (exact) mass is 262 g/mol. The maximum absolute atomic E-state index is 13.2. The number of methoxy groups -OCH3 is 2. The van der Waals surface area contributed by atoms with Crippen LogP contribution in [0.5, 0.6) is 11.5 Å². The van der Waals surface area contributed by atoms with E-state index in [-0.39, 0.29) is 0 Å². The molecule has 0 bridgehead atoms. The van der Waals surface area contributed by atoms with Gasteiger partial charge in [-0.05, 0) is 17.7 Å². The molecular weight excluding hydrogens is 247 g/mol. The molecule has 0 spiro atoms. The summed E-state index contributed by atoms with van der Waals surface area (Å²) in [6.45, 7) is 0. The fourth-order valence-electron chi connectivity index (χ4n) is 1.84. The fraction of sp³-hybridized carbons (Fsp3) is 0.214. The highest BCUT2D eigenvalue weighted by Crippen LogP contribution is 2.27. The van der Waals surface area contributed by atoms with Gasteiger partial charge in [0.2, 0.25) is 0 Å². The topological polar surface area (TPSA) is 57.4 Å². The molecule has 1 aromatic heterocycles. The number of nitrogen functional groups attached to an aromatic ring is 1. The highest BCUT2D eigenvalue weighted by Gasteiger charge is 2.09. The Kier molecular flexibility index (Phi) is 3.85. The molecule has 19 heavy (non-hydrogen) atoms. The highest BCUT2D eigenvalue weighted by molar-refractivity contribution is 5.47. The molecule has 1 heterocycles. The molecular formula is C14H15FN2O2. The van der Waals surface area contributed by atoms with E-state index >= 15 is 0 Å². The van der Waals surface area contributed by atoms with E-state index < -0.39 is 5.82 Å². The van der Waals surface area contributed by atoms with E-state index in [0.717, 1.165) is 11.8 Å². The van der Waals surface area contributed by atoms with Crippen LogP contribution >= 0.6 is 0 Å². The summed E-state index contributed by atoms with van der Waals surface area (Å²) >= 11 is 0. The first-order chi connectivity index (χ1) is 9.13. The molecule has 0 saturated carbocycles. The molecule has 0 unspecified atom stereocenters. The van der Waals surface area contributed by atoms with Crippen molar-refractivity contribution in [3.63, 3.8) is 0 Å². The number of nitrogens with two attached hydrogens (primary N) is 1. The van der Waals surface area contributed by atoms with E-state index in [2.05, 4.69) is 4.98 Å². The standard InChI is InChI=1S/C14H15FN2O2/c1-18-12-4-3-9(13(7-12)19-2)5-10-6-11(15)8-17-14(10)16/h3-4,6-8H,5H2,1-2H3,(H2,16,17). The molecule has 2 N–H and O–H groups in total. The first-order valence-corrected chi connectivity index (χ1v) is 5.75. The minimum absolute atomic E-state index is 0.319. The van der Waals surface area contributed by atoms with E-state index in [1.165, 1.54) is 6.07 Å². The summed E-state index contributed by atoms with van der Waals surface area (Å²) in [6.07, 6.45) is 1.55. The van der Waals surface area contributed by atoms with Gasteiger partial charge in [0.25, 0.3) is 0 Å². The summed E-state index contributed by atoms with van der Waals surface area (Å²) in [7, 11) is 3.16. The number of benzene rings is 1. The van der Waals surface area contributed by atoms with E-state index in [4.69, 9.17) is 15.2 Å². The SMILES string of the molecule is COc1ccc(Cc2cc(F)cnc2N)c(OC)c1. The van der Waals surface area contributed by atoms with Crippen LogP contribution in [0.15, 0.2) is 30.5 Å². The quantitative estimate of drug-likeness (QED) is 0.919. The molecule has 2 aromatic rings. The molecule has 4 nitrogen and oxygen atoms in total. The Morgan fingerprint density at radius 2 is 1.95 bits per heavy atom. The summed E-state index contributed by atoms with van der Waals surface area (Å²) in [5, 5.41) is 0. The van der Waals surface area contributed by atoms with Crippen LogP contribution in [0.3, 0.4) is 0 Å². The Bertz CT molecular complexity index is 588. The number of hydrogen-bond acceptors (Lipinski definition) is 4. The Morgan fingerprint density at radius 3 is 2.63 bits per heavy atom.